The Hall–Kier alpha value is -1.44. The van der Waals surface area contributed by atoms with Gasteiger partial charge >= 0.3 is 0 Å². The molecule has 1 fully saturated rings. The van der Waals surface area contributed by atoms with E-state index in [1.807, 2.05) is 6.92 Å². The number of hydrogen-bond acceptors (Lipinski definition) is 4. The van der Waals surface area contributed by atoms with Crippen molar-refractivity contribution in [3.05, 3.63) is 29.8 Å². The molecule has 0 aromatic heterocycles. The first-order valence-electron chi connectivity index (χ1n) is 7.32. The van der Waals surface area contributed by atoms with Gasteiger partial charge in [-0.2, -0.15) is 4.31 Å². The van der Waals surface area contributed by atoms with Gasteiger partial charge in [0.15, 0.2) is 0 Å². The number of hydrogen-bond donors (Lipinski definition) is 0. The summed E-state index contributed by atoms with van der Waals surface area (Å²) in [4.78, 5) is 17.1. The van der Waals surface area contributed by atoms with E-state index in [0.29, 0.717) is 6.54 Å². The van der Waals surface area contributed by atoms with Crippen LogP contribution in [0.25, 0.3) is 0 Å². The van der Waals surface area contributed by atoms with Crippen LogP contribution in [0.3, 0.4) is 0 Å². The fourth-order valence-electron chi connectivity index (χ4n) is 2.62. The first kappa shape index (κ1) is 16.9. The molecule has 6 nitrogen and oxygen atoms in total. The zero-order chi connectivity index (χ0) is 16.3. The number of benzene rings is 1. The molecule has 0 saturated carbocycles. The van der Waals surface area contributed by atoms with E-state index in [-0.39, 0.29) is 22.4 Å². The molecule has 1 aromatic rings. The summed E-state index contributed by atoms with van der Waals surface area (Å²) in [6.07, 6.45) is 2.78. The zero-order valence-electron chi connectivity index (χ0n) is 13.2. The molecule has 1 aliphatic heterocycles. The number of carbonyl (C=O) groups is 1. The lowest BCUT2D eigenvalue weighted by molar-refractivity contribution is -0.0757. The molecule has 1 saturated heterocycles. The molecular formula is C15H22N2O4S. The molecule has 1 unspecified atom stereocenters. The van der Waals surface area contributed by atoms with E-state index in [4.69, 9.17) is 4.84 Å². The second-order valence-corrected chi connectivity index (χ2v) is 7.36. The Kier molecular flexibility index (Phi) is 5.20. The Morgan fingerprint density at radius 3 is 2.73 bits per heavy atom. The van der Waals surface area contributed by atoms with Crippen LogP contribution < -0.4 is 0 Å². The Morgan fingerprint density at radius 1 is 1.36 bits per heavy atom. The lowest BCUT2D eigenvalue weighted by atomic mass is 10.1. The second-order valence-electron chi connectivity index (χ2n) is 5.47. The van der Waals surface area contributed by atoms with E-state index >= 15 is 0 Å². The lowest BCUT2D eigenvalue weighted by Gasteiger charge is -2.32. The minimum Gasteiger partial charge on any atom is -0.274 e. The van der Waals surface area contributed by atoms with Gasteiger partial charge in [-0.15, -0.1) is 0 Å². The summed E-state index contributed by atoms with van der Waals surface area (Å²) in [5.41, 5.74) is 0.287. The minimum absolute atomic E-state index is 0.0141. The molecule has 1 heterocycles. The SMILES string of the molecule is CON(C)C(=O)c1cccc(S(=O)(=O)N2CCCCC2C)c1. The summed E-state index contributed by atoms with van der Waals surface area (Å²) >= 11 is 0. The highest BCUT2D eigenvalue weighted by atomic mass is 32.2. The summed E-state index contributed by atoms with van der Waals surface area (Å²) < 4.78 is 27.1. The number of sulfonamides is 1. The molecule has 0 radical (unpaired) electrons. The quantitative estimate of drug-likeness (QED) is 0.793. The maximum atomic E-state index is 12.8. The van der Waals surface area contributed by atoms with Crippen molar-refractivity contribution in [3.63, 3.8) is 0 Å². The Morgan fingerprint density at radius 2 is 2.09 bits per heavy atom. The van der Waals surface area contributed by atoms with Gasteiger partial charge in [0.25, 0.3) is 5.91 Å². The second kappa shape index (κ2) is 6.76. The third-order valence-corrected chi connectivity index (χ3v) is 6.00. The Bertz CT molecular complexity index is 645. The highest BCUT2D eigenvalue weighted by Crippen LogP contribution is 2.25. The largest absolute Gasteiger partial charge is 0.277 e. The standard InChI is InChI=1S/C15H22N2O4S/c1-12-7-4-5-10-17(12)22(19,20)14-9-6-8-13(11-14)15(18)16(2)21-3/h6,8-9,11-12H,4-5,7,10H2,1-3H3. The van der Waals surface area contributed by atoms with Crippen LogP contribution in [0.2, 0.25) is 0 Å². The van der Waals surface area contributed by atoms with Crippen molar-refractivity contribution in [2.75, 3.05) is 20.7 Å². The van der Waals surface area contributed by atoms with E-state index in [0.717, 1.165) is 24.3 Å². The predicted molar refractivity (Wildman–Crippen MR) is 82.7 cm³/mol. The molecule has 122 valence electrons. The first-order valence-corrected chi connectivity index (χ1v) is 8.76. The summed E-state index contributed by atoms with van der Waals surface area (Å²) in [5, 5.41) is 1.06. The summed E-state index contributed by atoms with van der Waals surface area (Å²) in [7, 11) is -0.713. The van der Waals surface area contributed by atoms with Crippen LogP contribution in [0.4, 0.5) is 0 Å². The molecular weight excluding hydrogens is 304 g/mol. The molecule has 1 aliphatic rings. The third-order valence-electron chi connectivity index (χ3n) is 3.99. The van der Waals surface area contributed by atoms with Gasteiger partial charge in [0.05, 0.1) is 12.0 Å². The maximum Gasteiger partial charge on any atom is 0.277 e. The van der Waals surface area contributed by atoms with Crippen LogP contribution in [0.5, 0.6) is 0 Å². The normalized spacial score (nSPS) is 19.9. The minimum atomic E-state index is -3.58. The van der Waals surface area contributed by atoms with Gasteiger partial charge in [-0.25, -0.2) is 13.5 Å². The van der Waals surface area contributed by atoms with Gasteiger partial charge in [0.2, 0.25) is 10.0 Å². The van der Waals surface area contributed by atoms with E-state index in [9.17, 15) is 13.2 Å². The zero-order valence-corrected chi connectivity index (χ0v) is 14.0. The molecule has 0 spiro atoms. The number of rotatable bonds is 4. The molecule has 1 amide bonds. The van der Waals surface area contributed by atoms with Gasteiger partial charge in [0, 0.05) is 25.2 Å². The van der Waals surface area contributed by atoms with Gasteiger partial charge in [-0.3, -0.25) is 9.63 Å². The molecule has 2 rings (SSSR count). The van der Waals surface area contributed by atoms with Gasteiger partial charge in [-0.1, -0.05) is 12.5 Å². The van der Waals surface area contributed by atoms with Crippen LogP contribution in [0.1, 0.15) is 36.5 Å². The van der Waals surface area contributed by atoms with Crippen LogP contribution in [0, 0.1) is 0 Å². The molecule has 7 heteroatoms. The average molecular weight is 326 g/mol. The highest BCUT2D eigenvalue weighted by molar-refractivity contribution is 7.89. The summed E-state index contributed by atoms with van der Waals surface area (Å²) in [6, 6.07) is 6.09. The molecule has 0 aliphatic carbocycles. The smallest absolute Gasteiger partial charge is 0.274 e. The van der Waals surface area contributed by atoms with Crippen molar-refractivity contribution in [3.8, 4) is 0 Å². The van der Waals surface area contributed by atoms with Crippen LogP contribution >= 0.6 is 0 Å². The summed E-state index contributed by atoms with van der Waals surface area (Å²) in [6.45, 7) is 2.45. The van der Waals surface area contributed by atoms with Crippen LogP contribution in [-0.2, 0) is 14.9 Å². The monoisotopic (exact) mass is 326 g/mol. The highest BCUT2D eigenvalue weighted by Gasteiger charge is 2.31. The first-order chi connectivity index (χ1) is 10.4. The lowest BCUT2D eigenvalue weighted by Crippen LogP contribution is -2.42. The number of carbonyl (C=O) groups excluding carboxylic acids is 1. The van der Waals surface area contributed by atoms with E-state index < -0.39 is 10.0 Å². The van der Waals surface area contributed by atoms with Gasteiger partial charge < -0.3 is 0 Å². The molecule has 1 aromatic carbocycles. The Balaban J connectivity index is 2.34. The fraction of sp³-hybridized carbons (Fsp3) is 0.533. The van der Waals surface area contributed by atoms with E-state index in [1.54, 1.807) is 12.1 Å². The number of hydroxylamine groups is 2. The van der Waals surface area contributed by atoms with Crippen molar-refractivity contribution < 1.29 is 18.0 Å². The number of nitrogens with zero attached hydrogens (tertiary/aromatic N) is 2. The molecule has 1 atom stereocenters. The van der Waals surface area contributed by atoms with E-state index in [1.165, 1.54) is 30.6 Å². The Labute approximate surface area is 131 Å². The van der Waals surface area contributed by atoms with Crippen molar-refractivity contribution in [1.82, 2.24) is 9.37 Å². The maximum absolute atomic E-state index is 12.8. The number of piperidine rings is 1. The average Bonchev–Trinajstić information content (AvgIpc) is 2.53. The predicted octanol–water partition coefficient (Wildman–Crippen LogP) is 1.88. The van der Waals surface area contributed by atoms with Crippen LogP contribution in [0.15, 0.2) is 29.2 Å². The molecule has 22 heavy (non-hydrogen) atoms. The van der Waals surface area contributed by atoms with Gasteiger partial charge in [0.1, 0.15) is 0 Å². The van der Waals surface area contributed by atoms with Crippen molar-refractivity contribution in [1.29, 1.82) is 0 Å². The fourth-order valence-corrected chi connectivity index (χ4v) is 4.36. The number of amides is 1. The third kappa shape index (κ3) is 3.31. The molecule has 0 bridgehead atoms. The topological polar surface area (TPSA) is 66.9 Å². The van der Waals surface area contributed by atoms with Crippen molar-refractivity contribution in [2.45, 2.75) is 37.1 Å². The van der Waals surface area contributed by atoms with E-state index in [2.05, 4.69) is 0 Å². The summed E-state index contributed by atoms with van der Waals surface area (Å²) in [5.74, 6) is -0.383. The van der Waals surface area contributed by atoms with Crippen molar-refractivity contribution in [2.24, 2.45) is 0 Å². The van der Waals surface area contributed by atoms with Crippen molar-refractivity contribution >= 4 is 15.9 Å². The molecule has 0 N–H and O–H groups in total. The van der Waals surface area contributed by atoms with Crippen LogP contribution in [-0.4, -0.2) is 50.4 Å². The van der Waals surface area contributed by atoms with Gasteiger partial charge in [-0.05, 0) is 38.0 Å².